The Balaban J connectivity index is 1.75. The largest absolute Gasteiger partial charge is 0.493 e. The SMILES string of the molecule is CCn1cc(C(O)CC2CCOc3ccccc32)cn1. The van der Waals surface area contributed by atoms with Crippen LogP contribution in [-0.2, 0) is 6.54 Å². The number of ether oxygens (including phenoxy) is 1. The molecule has 1 aliphatic heterocycles. The molecule has 4 heteroatoms. The molecule has 20 heavy (non-hydrogen) atoms. The summed E-state index contributed by atoms with van der Waals surface area (Å²) >= 11 is 0. The molecule has 2 atom stereocenters. The highest BCUT2D eigenvalue weighted by molar-refractivity contribution is 5.38. The summed E-state index contributed by atoms with van der Waals surface area (Å²) < 4.78 is 7.51. The van der Waals surface area contributed by atoms with Crippen LogP contribution in [0.5, 0.6) is 5.75 Å². The summed E-state index contributed by atoms with van der Waals surface area (Å²) in [7, 11) is 0. The molecule has 0 amide bonds. The molecule has 0 aliphatic carbocycles. The van der Waals surface area contributed by atoms with E-state index in [1.54, 1.807) is 6.20 Å². The molecule has 0 fully saturated rings. The highest BCUT2D eigenvalue weighted by Gasteiger charge is 2.24. The molecule has 0 spiro atoms. The van der Waals surface area contributed by atoms with Gasteiger partial charge in [0.2, 0.25) is 0 Å². The second-order valence-corrected chi connectivity index (χ2v) is 5.25. The van der Waals surface area contributed by atoms with Gasteiger partial charge in [-0.3, -0.25) is 4.68 Å². The molecule has 0 bridgehead atoms. The number of hydrogen-bond acceptors (Lipinski definition) is 3. The minimum Gasteiger partial charge on any atom is -0.493 e. The summed E-state index contributed by atoms with van der Waals surface area (Å²) in [6.07, 6.45) is 4.90. The standard InChI is InChI=1S/C16H20N2O2/c1-2-18-11-13(10-17-18)15(19)9-12-7-8-20-16-6-4-3-5-14(12)16/h3-6,10-12,15,19H,2,7-9H2,1H3. The zero-order chi connectivity index (χ0) is 13.9. The van der Waals surface area contributed by atoms with Crippen LogP contribution in [0.4, 0.5) is 0 Å². The van der Waals surface area contributed by atoms with Crippen LogP contribution in [0, 0.1) is 0 Å². The summed E-state index contributed by atoms with van der Waals surface area (Å²) in [5.74, 6) is 1.31. The van der Waals surface area contributed by atoms with Crippen molar-refractivity contribution in [3.8, 4) is 5.75 Å². The third-order valence-corrected chi connectivity index (χ3v) is 3.95. The van der Waals surface area contributed by atoms with Crippen molar-refractivity contribution in [2.75, 3.05) is 6.61 Å². The second kappa shape index (κ2) is 5.67. The van der Waals surface area contributed by atoms with Gasteiger partial charge in [-0.15, -0.1) is 0 Å². The fourth-order valence-electron chi connectivity index (χ4n) is 2.79. The van der Waals surface area contributed by atoms with Crippen LogP contribution < -0.4 is 4.74 Å². The lowest BCUT2D eigenvalue weighted by Crippen LogP contribution is -2.16. The molecule has 0 saturated heterocycles. The third-order valence-electron chi connectivity index (χ3n) is 3.95. The number of aliphatic hydroxyl groups is 1. The van der Waals surface area contributed by atoms with Crippen molar-refractivity contribution in [2.24, 2.45) is 0 Å². The van der Waals surface area contributed by atoms with Crippen LogP contribution in [0.3, 0.4) is 0 Å². The van der Waals surface area contributed by atoms with E-state index in [0.717, 1.165) is 37.3 Å². The third kappa shape index (κ3) is 2.56. The van der Waals surface area contributed by atoms with E-state index in [1.165, 1.54) is 5.56 Å². The number of benzene rings is 1. The Morgan fingerprint density at radius 2 is 2.30 bits per heavy atom. The molecule has 2 heterocycles. The Labute approximate surface area is 119 Å². The monoisotopic (exact) mass is 272 g/mol. The predicted octanol–water partition coefficient (Wildman–Crippen LogP) is 2.89. The number of aliphatic hydroxyl groups excluding tert-OH is 1. The van der Waals surface area contributed by atoms with Gasteiger partial charge >= 0.3 is 0 Å². The van der Waals surface area contributed by atoms with Gasteiger partial charge in [-0.05, 0) is 37.3 Å². The maximum atomic E-state index is 10.4. The van der Waals surface area contributed by atoms with Crippen LogP contribution in [0.25, 0.3) is 0 Å². The zero-order valence-corrected chi connectivity index (χ0v) is 11.7. The van der Waals surface area contributed by atoms with Crippen molar-refractivity contribution in [2.45, 2.75) is 38.3 Å². The molecule has 2 aromatic rings. The molecule has 1 aliphatic rings. The van der Waals surface area contributed by atoms with Gasteiger partial charge in [-0.2, -0.15) is 5.10 Å². The predicted molar refractivity (Wildman–Crippen MR) is 76.8 cm³/mol. The maximum absolute atomic E-state index is 10.4. The lowest BCUT2D eigenvalue weighted by Gasteiger charge is -2.27. The van der Waals surface area contributed by atoms with Crippen LogP contribution >= 0.6 is 0 Å². The van der Waals surface area contributed by atoms with E-state index in [-0.39, 0.29) is 0 Å². The van der Waals surface area contributed by atoms with E-state index < -0.39 is 6.10 Å². The van der Waals surface area contributed by atoms with E-state index >= 15 is 0 Å². The molecule has 0 saturated carbocycles. The molecular formula is C16H20N2O2. The van der Waals surface area contributed by atoms with Gasteiger partial charge in [-0.25, -0.2) is 0 Å². The smallest absolute Gasteiger partial charge is 0.122 e. The van der Waals surface area contributed by atoms with E-state index in [1.807, 2.05) is 36.0 Å². The number of aryl methyl sites for hydroxylation is 1. The lowest BCUT2D eigenvalue weighted by atomic mass is 9.87. The van der Waals surface area contributed by atoms with Gasteiger partial charge in [0.1, 0.15) is 5.75 Å². The van der Waals surface area contributed by atoms with Crippen molar-refractivity contribution in [1.29, 1.82) is 0 Å². The first-order valence-electron chi connectivity index (χ1n) is 7.20. The molecule has 0 radical (unpaired) electrons. The average Bonchev–Trinajstić information content (AvgIpc) is 2.97. The summed E-state index contributed by atoms with van der Waals surface area (Å²) in [6, 6.07) is 8.12. The van der Waals surface area contributed by atoms with Crippen LogP contribution in [0.15, 0.2) is 36.7 Å². The number of para-hydroxylation sites is 1. The minimum atomic E-state index is -0.466. The molecule has 4 nitrogen and oxygen atoms in total. The normalized spacial score (nSPS) is 19.2. The second-order valence-electron chi connectivity index (χ2n) is 5.25. The molecule has 1 aromatic heterocycles. The Morgan fingerprint density at radius 1 is 1.45 bits per heavy atom. The van der Waals surface area contributed by atoms with Gasteiger partial charge in [0.25, 0.3) is 0 Å². The zero-order valence-electron chi connectivity index (χ0n) is 11.7. The van der Waals surface area contributed by atoms with Crippen LogP contribution in [0.2, 0.25) is 0 Å². The van der Waals surface area contributed by atoms with Gasteiger partial charge in [0.05, 0.1) is 18.9 Å². The summed E-state index contributed by atoms with van der Waals surface area (Å²) in [5, 5.41) is 14.6. The number of aromatic nitrogens is 2. The van der Waals surface area contributed by atoms with Crippen LogP contribution in [-0.4, -0.2) is 21.5 Å². The quantitative estimate of drug-likeness (QED) is 0.931. The van der Waals surface area contributed by atoms with Crippen LogP contribution in [0.1, 0.15) is 42.9 Å². The Bertz CT molecular complexity index is 579. The highest BCUT2D eigenvalue weighted by Crippen LogP contribution is 2.38. The van der Waals surface area contributed by atoms with Crippen molar-refractivity contribution < 1.29 is 9.84 Å². The number of nitrogens with zero attached hydrogens (tertiary/aromatic N) is 2. The van der Waals surface area contributed by atoms with Gasteiger partial charge in [0.15, 0.2) is 0 Å². The van der Waals surface area contributed by atoms with Crippen molar-refractivity contribution in [1.82, 2.24) is 9.78 Å². The molecule has 106 valence electrons. The van der Waals surface area contributed by atoms with Crippen molar-refractivity contribution in [3.63, 3.8) is 0 Å². The first-order chi connectivity index (χ1) is 9.78. The van der Waals surface area contributed by atoms with E-state index in [4.69, 9.17) is 4.74 Å². The van der Waals surface area contributed by atoms with Crippen molar-refractivity contribution in [3.05, 3.63) is 47.8 Å². The first-order valence-corrected chi connectivity index (χ1v) is 7.20. The molecule has 1 aromatic carbocycles. The fraction of sp³-hybridized carbons (Fsp3) is 0.438. The van der Waals surface area contributed by atoms with Crippen molar-refractivity contribution >= 4 is 0 Å². The van der Waals surface area contributed by atoms with E-state index in [0.29, 0.717) is 5.92 Å². The average molecular weight is 272 g/mol. The topological polar surface area (TPSA) is 47.3 Å². The van der Waals surface area contributed by atoms with E-state index in [9.17, 15) is 5.11 Å². The molecule has 1 N–H and O–H groups in total. The molecular weight excluding hydrogens is 252 g/mol. The van der Waals surface area contributed by atoms with Gasteiger partial charge < -0.3 is 9.84 Å². The number of fused-ring (bicyclic) bond motifs is 1. The molecule has 3 rings (SSSR count). The van der Waals surface area contributed by atoms with E-state index in [2.05, 4.69) is 11.2 Å². The maximum Gasteiger partial charge on any atom is 0.122 e. The van der Waals surface area contributed by atoms with Gasteiger partial charge in [-0.1, -0.05) is 18.2 Å². The Hall–Kier alpha value is -1.81. The Kier molecular flexibility index (Phi) is 3.74. The van der Waals surface area contributed by atoms with Gasteiger partial charge in [0, 0.05) is 18.3 Å². The fourth-order valence-corrected chi connectivity index (χ4v) is 2.79. The number of hydrogen-bond donors (Lipinski definition) is 1. The summed E-state index contributed by atoms with van der Waals surface area (Å²) in [5.41, 5.74) is 2.11. The Morgan fingerprint density at radius 3 is 3.10 bits per heavy atom. The number of rotatable bonds is 4. The first kappa shape index (κ1) is 13.2. The highest BCUT2D eigenvalue weighted by atomic mass is 16.5. The minimum absolute atomic E-state index is 0.347. The summed E-state index contributed by atoms with van der Waals surface area (Å²) in [4.78, 5) is 0. The lowest BCUT2D eigenvalue weighted by molar-refractivity contribution is 0.145. The summed E-state index contributed by atoms with van der Waals surface area (Å²) in [6.45, 7) is 3.59. The molecule has 2 unspecified atom stereocenters.